The minimum Gasteiger partial charge on any atom is -0.232 e. The second-order valence-electron chi connectivity index (χ2n) is 7.03. The molecule has 3 aromatic carbocycles. The summed E-state index contributed by atoms with van der Waals surface area (Å²) in [5.74, 6) is 0. The Morgan fingerprint density at radius 2 is 1.27 bits per heavy atom. The zero-order chi connectivity index (χ0) is 24.0. The number of nitrogens with zero attached hydrogens (tertiary/aromatic N) is 2. The molecule has 0 aliphatic rings. The van der Waals surface area contributed by atoms with E-state index in [1.807, 2.05) is 0 Å². The maximum Gasteiger partial charge on any atom is 0.435 e. The van der Waals surface area contributed by atoms with Gasteiger partial charge in [-0.1, -0.05) is 24.3 Å². The molecule has 33 heavy (non-hydrogen) atoms. The van der Waals surface area contributed by atoms with Crippen LogP contribution < -0.4 is 5.14 Å². The van der Waals surface area contributed by atoms with Crippen molar-refractivity contribution in [2.75, 3.05) is 0 Å². The Hall–Kier alpha value is -1.97. The maximum absolute atomic E-state index is 14.1. The van der Waals surface area contributed by atoms with E-state index in [0.717, 1.165) is 7.14 Å². The quantitative estimate of drug-likeness (QED) is 0.263. The van der Waals surface area contributed by atoms with Crippen molar-refractivity contribution >= 4 is 55.2 Å². The first-order valence-corrected chi connectivity index (χ1v) is 13.0. The van der Waals surface area contributed by atoms with Crippen molar-refractivity contribution in [1.82, 2.24) is 9.78 Å². The minimum atomic E-state index is -4.72. The lowest BCUT2D eigenvalue weighted by Crippen LogP contribution is -2.11. The number of alkyl halides is 3. The van der Waals surface area contributed by atoms with Crippen LogP contribution in [0.15, 0.2) is 77.7 Å². The van der Waals surface area contributed by atoms with Gasteiger partial charge in [0.15, 0.2) is 5.69 Å². The van der Waals surface area contributed by atoms with Gasteiger partial charge in [0.05, 0.1) is 16.3 Å². The van der Waals surface area contributed by atoms with Crippen molar-refractivity contribution in [1.29, 1.82) is 0 Å². The second kappa shape index (κ2) is 9.00. The Kier molecular flexibility index (Phi) is 6.59. The van der Waals surface area contributed by atoms with Crippen LogP contribution in [0.1, 0.15) is 5.69 Å². The van der Waals surface area contributed by atoms with Crippen LogP contribution in [0.5, 0.6) is 0 Å². The third kappa shape index (κ3) is 5.10. The molecule has 5 nitrogen and oxygen atoms in total. The molecular formula is C22H14F3I2N3O2S. The molecular weight excluding hydrogens is 681 g/mol. The van der Waals surface area contributed by atoms with Crippen molar-refractivity contribution in [3.8, 4) is 28.1 Å². The van der Waals surface area contributed by atoms with Gasteiger partial charge in [0.25, 0.3) is 0 Å². The lowest BCUT2D eigenvalue weighted by atomic mass is 9.98. The smallest absolute Gasteiger partial charge is 0.232 e. The van der Waals surface area contributed by atoms with Gasteiger partial charge in [-0.3, -0.25) is 0 Å². The minimum absolute atomic E-state index is 0.0965. The van der Waals surface area contributed by atoms with Gasteiger partial charge < -0.3 is 0 Å². The molecule has 170 valence electrons. The predicted molar refractivity (Wildman–Crippen MR) is 136 cm³/mol. The van der Waals surface area contributed by atoms with Gasteiger partial charge >= 0.3 is 6.18 Å². The molecule has 2 N–H and O–H groups in total. The fraction of sp³-hybridized carbons (Fsp3) is 0.0455. The average molecular weight is 695 g/mol. The first kappa shape index (κ1) is 24.2. The summed E-state index contributed by atoms with van der Waals surface area (Å²) in [6.45, 7) is 0. The van der Waals surface area contributed by atoms with E-state index in [1.165, 1.54) is 28.9 Å². The highest BCUT2D eigenvalue weighted by atomic mass is 127. The highest BCUT2D eigenvalue weighted by Gasteiger charge is 2.40. The Bertz CT molecular complexity index is 1420. The number of halogens is 5. The number of benzene rings is 3. The van der Waals surface area contributed by atoms with Crippen LogP contribution in [0.4, 0.5) is 13.2 Å². The highest BCUT2D eigenvalue weighted by molar-refractivity contribution is 14.1. The summed E-state index contributed by atoms with van der Waals surface area (Å²) in [7, 11) is -3.96. The third-order valence-electron chi connectivity index (χ3n) is 4.81. The van der Waals surface area contributed by atoms with E-state index in [4.69, 9.17) is 5.14 Å². The summed E-state index contributed by atoms with van der Waals surface area (Å²) in [5.41, 5.74) is 0.185. The molecule has 0 radical (unpaired) electrons. The topological polar surface area (TPSA) is 78.0 Å². The predicted octanol–water partition coefficient (Wildman–Crippen LogP) is 6.08. The lowest BCUT2D eigenvalue weighted by Gasteiger charge is -2.12. The van der Waals surface area contributed by atoms with Crippen LogP contribution in [0, 0.1) is 7.14 Å². The van der Waals surface area contributed by atoms with E-state index in [0.29, 0.717) is 16.8 Å². The molecule has 0 spiro atoms. The van der Waals surface area contributed by atoms with Gasteiger partial charge in [-0.25, -0.2) is 18.2 Å². The number of aromatic nitrogens is 2. The molecule has 11 heteroatoms. The summed E-state index contributed by atoms with van der Waals surface area (Å²) >= 11 is 4.18. The molecule has 0 saturated carbocycles. The van der Waals surface area contributed by atoms with Crippen LogP contribution in [-0.4, -0.2) is 18.2 Å². The SMILES string of the molecule is NS(=O)(=O)c1ccc(-c2c(-c3ccc(I)cc3)c(C(F)(F)F)nn2-c2ccc(I)cc2)cc1. The normalized spacial score (nSPS) is 12.2. The summed E-state index contributed by atoms with van der Waals surface area (Å²) < 4.78 is 68.8. The average Bonchev–Trinajstić information content (AvgIpc) is 3.15. The van der Waals surface area contributed by atoms with Crippen molar-refractivity contribution < 1.29 is 21.6 Å². The number of nitrogens with two attached hydrogens (primary N) is 1. The molecule has 0 aliphatic heterocycles. The van der Waals surface area contributed by atoms with E-state index in [9.17, 15) is 21.6 Å². The van der Waals surface area contributed by atoms with E-state index in [-0.39, 0.29) is 16.2 Å². The van der Waals surface area contributed by atoms with Crippen molar-refractivity contribution in [3.63, 3.8) is 0 Å². The van der Waals surface area contributed by atoms with Crippen molar-refractivity contribution in [2.24, 2.45) is 5.14 Å². The molecule has 0 bridgehead atoms. The largest absolute Gasteiger partial charge is 0.435 e. The standard InChI is InChI=1S/C22H14F3I2N3O2S/c23-22(24,25)21-19(13-1-5-15(26)6-2-13)20(14-3-11-18(12-4-14)33(28,31)32)30(29-21)17-9-7-16(27)8-10-17/h1-12H,(H2,28,31,32). The monoisotopic (exact) mass is 695 g/mol. The van der Waals surface area contributed by atoms with E-state index >= 15 is 0 Å². The number of hydrogen-bond donors (Lipinski definition) is 1. The zero-order valence-corrected chi connectivity index (χ0v) is 21.6. The fourth-order valence-corrected chi connectivity index (χ4v) is 4.58. The Morgan fingerprint density at radius 3 is 1.76 bits per heavy atom. The number of primary sulfonamides is 1. The molecule has 0 atom stereocenters. The molecule has 4 aromatic rings. The third-order valence-corrected chi connectivity index (χ3v) is 7.18. The van der Waals surface area contributed by atoms with Gasteiger partial charge in [0.2, 0.25) is 10.0 Å². The Morgan fingerprint density at radius 1 is 0.788 bits per heavy atom. The van der Waals surface area contributed by atoms with Gasteiger partial charge in [-0.15, -0.1) is 0 Å². The van der Waals surface area contributed by atoms with Crippen LogP contribution >= 0.6 is 45.2 Å². The van der Waals surface area contributed by atoms with Gasteiger partial charge in [-0.05, 0) is 99.3 Å². The molecule has 4 rings (SSSR count). The molecule has 1 heterocycles. The van der Waals surface area contributed by atoms with Gasteiger partial charge in [0, 0.05) is 18.3 Å². The molecule has 0 amide bonds. The van der Waals surface area contributed by atoms with Gasteiger partial charge in [0.1, 0.15) is 0 Å². The van der Waals surface area contributed by atoms with Crippen LogP contribution in [0.2, 0.25) is 0 Å². The first-order valence-electron chi connectivity index (χ1n) is 9.30. The molecule has 0 saturated heterocycles. The Balaban J connectivity index is 2.07. The van der Waals surface area contributed by atoms with Crippen LogP contribution in [-0.2, 0) is 16.2 Å². The van der Waals surface area contributed by atoms with E-state index in [2.05, 4.69) is 50.3 Å². The number of rotatable bonds is 4. The zero-order valence-electron chi connectivity index (χ0n) is 16.5. The number of sulfonamides is 1. The maximum atomic E-state index is 14.1. The highest BCUT2D eigenvalue weighted by Crippen LogP contribution is 2.43. The summed E-state index contributed by atoms with van der Waals surface area (Å²) in [6.07, 6.45) is -4.72. The van der Waals surface area contributed by atoms with Crippen molar-refractivity contribution in [2.45, 2.75) is 11.1 Å². The number of hydrogen-bond acceptors (Lipinski definition) is 3. The van der Waals surface area contributed by atoms with Crippen LogP contribution in [0.3, 0.4) is 0 Å². The summed E-state index contributed by atoms with van der Waals surface area (Å²) in [4.78, 5) is -0.140. The second-order valence-corrected chi connectivity index (χ2v) is 11.1. The van der Waals surface area contributed by atoms with Crippen LogP contribution in [0.25, 0.3) is 28.1 Å². The summed E-state index contributed by atoms with van der Waals surface area (Å²) in [5, 5.41) is 9.15. The van der Waals surface area contributed by atoms with E-state index < -0.39 is 21.9 Å². The fourth-order valence-electron chi connectivity index (χ4n) is 3.34. The summed E-state index contributed by atoms with van der Waals surface area (Å²) in [6, 6.07) is 18.9. The molecule has 0 aliphatic carbocycles. The molecule has 0 unspecified atom stereocenters. The molecule has 0 fully saturated rings. The first-order chi connectivity index (χ1) is 15.4. The van der Waals surface area contributed by atoms with Gasteiger partial charge in [-0.2, -0.15) is 18.3 Å². The lowest BCUT2D eigenvalue weighted by molar-refractivity contribution is -0.140. The Labute approximate surface area is 215 Å². The molecule has 1 aromatic heterocycles. The van der Waals surface area contributed by atoms with E-state index in [1.54, 1.807) is 48.5 Å². The van der Waals surface area contributed by atoms with Crippen molar-refractivity contribution in [3.05, 3.63) is 85.6 Å².